The number of rotatable bonds is 4. The molecule has 0 atom stereocenters. The highest BCUT2D eigenvalue weighted by Gasteiger charge is 2.25. The van der Waals surface area contributed by atoms with Crippen molar-refractivity contribution in [2.45, 2.75) is 6.92 Å². The minimum atomic E-state index is -0.218. The van der Waals surface area contributed by atoms with E-state index in [-0.39, 0.29) is 5.91 Å². The minimum absolute atomic E-state index is 0.218. The van der Waals surface area contributed by atoms with Crippen LogP contribution in [0.1, 0.15) is 12.5 Å². The summed E-state index contributed by atoms with van der Waals surface area (Å²) < 4.78 is 0.912. The van der Waals surface area contributed by atoms with E-state index in [1.165, 1.54) is 24.6 Å². The molecule has 0 radical (unpaired) electrons. The molecule has 0 aliphatic heterocycles. The van der Waals surface area contributed by atoms with Gasteiger partial charge >= 0.3 is 0 Å². The van der Waals surface area contributed by atoms with Crippen LogP contribution in [0.3, 0.4) is 0 Å². The molecule has 0 aliphatic rings. The van der Waals surface area contributed by atoms with Crippen molar-refractivity contribution >= 4 is 57.3 Å². The highest BCUT2D eigenvalue weighted by Crippen LogP contribution is 2.47. The molecule has 3 aromatic heterocycles. The number of nitrogens with zero attached hydrogens (tertiary/aromatic N) is 4. The fraction of sp³-hybridized carbons (Fsp3) is 0.0500. The second-order valence-electron chi connectivity index (χ2n) is 6.19. The second-order valence-corrected chi connectivity index (χ2v) is 8.81. The zero-order valence-electron chi connectivity index (χ0n) is 15.4. The van der Waals surface area contributed by atoms with E-state index in [0.717, 1.165) is 30.0 Å². The molecule has 148 valence electrons. The first-order chi connectivity index (χ1) is 14.5. The number of nitriles is 1. The molecule has 1 aromatic carbocycles. The molecular weight excluding hydrogens is 535 g/mol. The van der Waals surface area contributed by atoms with Gasteiger partial charge in [-0.25, -0.2) is 4.98 Å². The Morgan fingerprint density at radius 2 is 2.13 bits per heavy atom. The van der Waals surface area contributed by atoms with Crippen LogP contribution in [0, 0.1) is 14.9 Å². The number of anilines is 1. The molecule has 0 fully saturated rings. The molecule has 0 spiro atoms. The van der Waals surface area contributed by atoms with Crippen molar-refractivity contribution in [3.8, 4) is 38.3 Å². The van der Waals surface area contributed by atoms with Gasteiger partial charge < -0.3 is 10.3 Å². The Balaban J connectivity index is 1.98. The third kappa shape index (κ3) is 3.94. The van der Waals surface area contributed by atoms with E-state index in [2.05, 4.69) is 54.1 Å². The summed E-state index contributed by atoms with van der Waals surface area (Å²) in [6.07, 6.45) is 3.10. The van der Waals surface area contributed by atoms with Crippen LogP contribution in [0.2, 0.25) is 5.02 Å². The van der Waals surface area contributed by atoms with Crippen molar-refractivity contribution in [3.63, 3.8) is 0 Å². The van der Waals surface area contributed by atoms with E-state index in [9.17, 15) is 10.1 Å². The van der Waals surface area contributed by atoms with Gasteiger partial charge in [0.2, 0.25) is 5.91 Å². The van der Waals surface area contributed by atoms with E-state index in [4.69, 9.17) is 11.6 Å². The average molecular weight is 547 g/mol. The summed E-state index contributed by atoms with van der Waals surface area (Å²) in [6, 6.07) is 11.4. The fourth-order valence-corrected chi connectivity index (χ4v) is 5.34. The predicted octanol–water partition coefficient (Wildman–Crippen LogP) is 5.35. The monoisotopic (exact) mass is 546 g/mol. The van der Waals surface area contributed by atoms with E-state index < -0.39 is 0 Å². The molecule has 7 nitrogen and oxygen atoms in total. The smallest absolute Gasteiger partial charge is 0.222 e. The molecule has 0 aliphatic carbocycles. The van der Waals surface area contributed by atoms with Crippen LogP contribution < -0.4 is 5.32 Å². The molecule has 4 rings (SSSR count). The van der Waals surface area contributed by atoms with Crippen LogP contribution in [-0.2, 0) is 4.79 Å². The van der Waals surface area contributed by atoms with Crippen LogP contribution in [0.4, 0.5) is 5.82 Å². The lowest BCUT2D eigenvalue weighted by Gasteiger charge is -2.07. The molecule has 2 N–H and O–H groups in total. The number of aromatic nitrogens is 4. The summed E-state index contributed by atoms with van der Waals surface area (Å²) in [4.78, 5) is 20.1. The zero-order valence-corrected chi connectivity index (χ0v) is 19.1. The number of carbonyl (C=O) groups is 1. The Morgan fingerprint density at radius 3 is 2.80 bits per heavy atom. The third-order valence-electron chi connectivity index (χ3n) is 4.18. The number of amides is 1. The van der Waals surface area contributed by atoms with Crippen LogP contribution in [0.15, 0.2) is 42.9 Å². The van der Waals surface area contributed by atoms with Gasteiger partial charge in [0.05, 0.1) is 15.3 Å². The summed E-state index contributed by atoms with van der Waals surface area (Å²) in [7, 11) is 0. The van der Waals surface area contributed by atoms with Crippen LogP contribution in [0.5, 0.6) is 0 Å². The van der Waals surface area contributed by atoms with Gasteiger partial charge in [0.25, 0.3) is 0 Å². The minimum Gasteiger partial charge on any atom is -0.327 e. The summed E-state index contributed by atoms with van der Waals surface area (Å²) in [5.74, 6) is 0.769. The normalized spacial score (nSPS) is 10.6. The van der Waals surface area contributed by atoms with Gasteiger partial charge in [-0.3, -0.25) is 4.79 Å². The maximum absolute atomic E-state index is 11.4. The number of thiophene rings is 1. The van der Waals surface area contributed by atoms with Gasteiger partial charge in [0, 0.05) is 27.3 Å². The maximum atomic E-state index is 11.4. The van der Waals surface area contributed by atoms with E-state index in [0.29, 0.717) is 22.2 Å². The lowest BCUT2D eigenvalue weighted by Crippen LogP contribution is -2.07. The van der Waals surface area contributed by atoms with Gasteiger partial charge in [-0.05, 0) is 58.0 Å². The largest absolute Gasteiger partial charge is 0.327 e. The zero-order chi connectivity index (χ0) is 21.3. The van der Waals surface area contributed by atoms with Crippen LogP contribution in [0.25, 0.3) is 32.3 Å². The highest BCUT2D eigenvalue weighted by atomic mass is 127. The highest BCUT2D eigenvalue weighted by molar-refractivity contribution is 14.1. The number of hydrogen-bond donors (Lipinski definition) is 2. The van der Waals surface area contributed by atoms with Gasteiger partial charge in [-0.1, -0.05) is 17.7 Å². The fourth-order valence-electron chi connectivity index (χ4n) is 2.99. The molecular formula is C20H12ClIN6OS. The molecule has 1 amide bonds. The molecule has 0 unspecified atom stereocenters. The van der Waals surface area contributed by atoms with Crippen LogP contribution >= 0.6 is 45.5 Å². The first kappa shape index (κ1) is 20.5. The molecule has 0 saturated heterocycles. The molecule has 3 heterocycles. The number of hydrogen-bond acceptors (Lipinski definition) is 6. The number of halogens is 2. The summed E-state index contributed by atoms with van der Waals surface area (Å²) in [5.41, 5.74) is 2.91. The lowest BCUT2D eigenvalue weighted by molar-refractivity contribution is -0.114. The van der Waals surface area contributed by atoms with E-state index in [1.54, 1.807) is 24.4 Å². The van der Waals surface area contributed by atoms with Crippen LogP contribution in [-0.4, -0.2) is 26.1 Å². The lowest BCUT2D eigenvalue weighted by atomic mass is 9.98. The Labute approximate surface area is 194 Å². The Bertz CT molecular complexity index is 1300. The molecule has 10 heteroatoms. The quantitative estimate of drug-likeness (QED) is 0.336. The maximum Gasteiger partial charge on any atom is 0.222 e. The molecule has 30 heavy (non-hydrogen) atoms. The number of benzene rings is 1. The average Bonchev–Trinajstić information content (AvgIpc) is 3.35. The second kappa shape index (κ2) is 8.51. The summed E-state index contributed by atoms with van der Waals surface area (Å²) in [6.45, 7) is 1.42. The Hall–Kier alpha value is -2.81. The van der Waals surface area contributed by atoms with E-state index in [1.807, 2.05) is 12.1 Å². The van der Waals surface area contributed by atoms with Crippen molar-refractivity contribution < 1.29 is 4.79 Å². The number of aromatic amines is 1. The topological polar surface area (TPSA) is 107 Å². The SMILES string of the molecule is CC(=O)Nc1cc(-c2sc(-c3nnc[nH]3)c(-c3ccc(Cl)cc3I)c2C#N)ccn1. The van der Waals surface area contributed by atoms with Gasteiger partial charge in [0.15, 0.2) is 5.82 Å². The van der Waals surface area contributed by atoms with Gasteiger partial charge in [0.1, 0.15) is 18.2 Å². The summed E-state index contributed by atoms with van der Waals surface area (Å²) >= 11 is 9.77. The van der Waals surface area contributed by atoms with Crippen molar-refractivity contribution in [3.05, 3.63) is 57.0 Å². The van der Waals surface area contributed by atoms with Crippen molar-refractivity contribution in [1.82, 2.24) is 20.2 Å². The number of H-pyrrole nitrogens is 1. The van der Waals surface area contributed by atoms with Crippen molar-refractivity contribution in [2.75, 3.05) is 5.32 Å². The van der Waals surface area contributed by atoms with E-state index >= 15 is 0 Å². The Morgan fingerprint density at radius 1 is 1.30 bits per heavy atom. The first-order valence-electron chi connectivity index (χ1n) is 8.60. The third-order valence-corrected chi connectivity index (χ3v) is 6.55. The van der Waals surface area contributed by atoms with Crippen molar-refractivity contribution in [1.29, 1.82) is 5.26 Å². The molecule has 4 aromatic rings. The standard InChI is InChI=1S/C20H12ClIN6OS/c1-10(29)27-16-6-11(4-5-24-16)18-14(8-23)17(13-3-2-12(21)7-15(13)22)19(30-18)20-25-9-26-28-20/h2-7,9H,1H3,(H,24,27,29)(H,25,26,28). The summed E-state index contributed by atoms with van der Waals surface area (Å²) in [5, 5.41) is 21.4. The number of pyridine rings is 1. The first-order valence-corrected chi connectivity index (χ1v) is 10.9. The number of nitrogens with one attached hydrogen (secondary N) is 2. The Kier molecular flexibility index (Phi) is 5.80. The molecule has 0 saturated carbocycles. The van der Waals surface area contributed by atoms with Gasteiger partial charge in [-0.2, -0.15) is 5.26 Å². The van der Waals surface area contributed by atoms with Crippen molar-refractivity contribution in [2.24, 2.45) is 0 Å². The van der Waals surface area contributed by atoms with Gasteiger partial charge in [-0.15, -0.1) is 21.5 Å². The predicted molar refractivity (Wildman–Crippen MR) is 125 cm³/mol. The number of carbonyl (C=O) groups excluding carboxylic acids is 1. The molecule has 0 bridgehead atoms.